The number of carbonyl (C=O) groups is 2. The molecule has 0 aliphatic heterocycles. The number of rotatable bonds is 6. The molecule has 1 aromatic rings. The minimum atomic E-state index is -1.01. The summed E-state index contributed by atoms with van der Waals surface area (Å²) < 4.78 is 0. The van der Waals surface area contributed by atoms with E-state index in [9.17, 15) is 9.59 Å². The molecule has 2 N–H and O–H groups in total. The van der Waals surface area contributed by atoms with Gasteiger partial charge < -0.3 is 15.3 Å². The van der Waals surface area contributed by atoms with Gasteiger partial charge in [-0.3, -0.25) is 4.79 Å². The molecule has 0 aliphatic rings. The number of amides is 1. The molecule has 0 atom stereocenters. The van der Waals surface area contributed by atoms with Gasteiger partial charge in [0.1, 0.15) is 0 Å². The molecule has 1 rings (SSSR count). The van der Waals surface area contributed by atoms with Gasteiger partial charge in [0.05, 0.1) is 0 Å². The van der Waals surface area contributed by atoms with Crippen molar-refractivity contribution < 1.29 is 14.7 Å². The van der Waals surface area contributed by atoms with Crippen molar-refractivity contribution in [3.05, 3.63) is 41.0 Å². The van der Waals surface area contributed by atoms with E-state index in [1.807, 2.05) is 25.9 Å². The van der Waals surface area contributed by atoms with E-state index in [0.717, 1.165) is 23.7 Å². The molecule has 0 heterocycles. The molecule has 5 heteroatoms. The molecule has 1 amide bonds. The molecule has 0 aliphatic carbocycles. The van der Waals surface area contributed by atoms with Crippen LogP contribution in [0.25, 0.3) is 6.08 Å². The van der Waals surface area contributed by atoms with E-state index in [1.54, 1.807) is 18.2 Å². The minimum absolute atomic E-state index is 0.144. The highest BCUT2D eigenvalue weighted by molar-refractivity contribution is 5.97. The second-order valence-corrected chi connectivity index (χ2v) is 4.75. The van der Waals surface area contributed by atoms with E-state index in [-0.39, 0.29) is 5.91 Å². The Labute approximate surface area is 118 Å². The van der Waals surface area contributed by atoms with Crippen LogP contribution in [0.2, 0.25) is 0 Å². The molecule has 0 aromatic heterocycles. The van der Waals surface area contributed by atoms with E-state index in [4.69, 9.17) is 5.11 Å². The van der Waals surface area contributed by atoms with Crippen molar-refractivity contribution in [2.75, 3.05) is 27.2 Å². The highest BCUT2D eigenvalue weighted by Crippen LogP contribution is 2.15. The van der Waals surface area contributed by atoms with Crippen molar-refractivity contribution in [2.45, 2.75) is 6.92 Å². The molecule has 108 valence electrons. The summed E-state index contributed by atoms with van der Waals surface area (Å²) in [5, 5.41) is 11.5. The lowest BCUT2D eigenvalue weighted by Crippen LogP contribution is -2.31. The summed E-state index contributed by atoms with van der Waals surface area (Å²) in [5.74, 6) is -1.15. The van der Waals surface area contributed by atoms with E-state index in [1.165, 1.54) is 6.08 Å². The molecule has 0 fully saturated rings. The average Bonchev–Trinajstić information content (AvgIpc) is 2.36. The van der Waals surface area contributed by atoms with E-state index >= 15 is 0 Å². The predicted molar refractivity (Wildman–Crippen MR) is 78.7 cm³/mol. The SMILES string of the molecule is Cc1c(C=CC(=O)O)cccc1C(=O)NCCN(C)C. The fourth-order valence-electron chi connectivity index (χ4n) is 1.73. The second kappa shape index (κ2) is 7.45. The van der Waals surface area contributed by atoms with Crippen LogP contribution in [-0.4, -0.2) is 49.1 Å². The predicted octanol–water partition coefficient (Wildman–Crippen LogP) is 1.38. The number of benzene rings is 1. The number of hydrogen-bond acceptors (Lipinski definition) is 3. The van der Waals surface area contributed by atoms with E-state index in [2.05, 4.69) is 5.32 Å². The fourth-order valence-corrected chi connectivity index (χ4v) is 1.73. The lowest BCUT2D eigenvalue weighted by atomic mass is 10.0. The third-order valence-electron chi connectivity index (χ3n) is 2.87. The molecule has 20 heavy (non-hydrogen) atoms. The van der Waals surface area contributed by atoms with Gasteiger partial charge in [-0.1, -0.05) is 12.1 Å². The molecule has 1 aromatic carbocycles. The van der Waals surface area contributed by atoms with Crippen LogP contribution in [0.5, 0.6) is 0 Å². The summed E-state index contributed by atoms with van der Waals surface area (Å²) >= 11 is 0. The Morgan fingerprint density at radius 1 is 1.35 bits per heavy atom. The van der Waals surface area contributed by atoms with Crippen LogP contribution in [0.3, 0.4) is 0 Å². The van der Waals surface area contributed by atoms with Crippen LogP contribution in [-0.2, 0) is 4.79 Å². The lowest BCUT2D eigenvalue weighted by Gasteiger charge is -2.12. The quantitative estimate of drug-likeness (QED) is 0.770. The van der Waals surface area contributed by atoms with Gasteiger partial charge in [-0.05, 0) is 44.3 Å². The summed E-state index contributed by atoms with van der Waals surface area (Å²) in [6.45, 7) is 3.15. The lowest BCUT2D eigenvalue weighted by molar-refractivity contribution is -0.131. The van der Waals surface area contributed by atoms with Gasteiger partial charge >= 0.3 is 5.97 Å². The maximum atomic E-state index is 12.1. The Morgan fingerprint density at radius 3 is 2.65 bits per heavy atom. The van der Waals surface area contributed by atoms with Crippen molar-refractivity contribution >= 4 is 18.0 Å². The van der Waals surface area contributed by atoms with Crippen molar-refractivity contribution in [3.8, 4) is 0 Å². The molecule has 5 nitrogen and oxygen atoms in total. The molecular weight excluding hydrogens is 256 g/mol. The highest BCUT2D eigenvalue weighted by Gasteiger charge is 2.10. The Morgan fingerprint density at radius 2 is 2.05 bits per heavy atom. The monoisotopic (exact) mass is 276 g/mol. The zero-order valence-electron chi connectivity index (χ0n) is 12.0. The van der Waals surface area contributed by atoms with Gasteiger partial charge in [0.25, 0.3) is 5.91 Å². The van der Waals surface area contributed by atoms with Crippen LogP contribution >= 0.6 is 0 Å². The van der Waals surface area contributed by atoms with Crippen molar-refractivity contribution in [3.63, 3.8) is 0 Å². The van der Waals surface area contributed by atoms with Gasteiger partial charge in [0.2, 0.25) is 0 Å². The molecular formula is C15H20N2O3. The Bertz CT molecular complexity index is 522. The van der Waals surface area contributed by atoms with Crippen molar-refractivity contribution in [1.29, 1.82) is 0 Å². The summed E-state index contributed by atoms with van der Waals surface area (Å²) in [7, 11) is 3.88. The number of likely N-dealkylation sites (N-methyl/N-ethyl adjacent to an activating group) is 1. The number of carbonyl (C=O) groups excluding carboxylic acids is 1. The van der Waals surface area contributed by atoms with Gasteiger partial charge in [0.15, 0.2) is 0 Å². The number of aliphatic carboxylic acids is 1. The van der Waals surface area contributed by atoms with Crippen LogP contribution in [0.1, 0.15) is 21.5 Å². The third-order valence-corrected chi connectivity index (χ3v) is 2.87. The first-order chi connectivity index (χ1) is 9.41. The number of hydrogen-bond donors (Lipinski definition) is 2. The van der Waals surface area contributed by atoms with Gasteiger partial charge in [-0.25, -0.2) is 4.79 Å². The number of carboxylic acids is 1. The first-order valence-corrected chi connectivity index (χ1v) is 6.35. The van der Waals surface area contributed by atoms with Crippen LogP contribution in [0, 0.1) is 6.92 Å². The smallest absolute Gasteiger partial charge is 0.328 e. The van der Waals surface area contributed by atoms with E-state index in [0.29, 0.717) is 12.1 Å². The normalized spacial score (nSPS) is 11.0. The van der Waals surface area contributed by atoms with Crippen molar-refractivity contribution in [2.24, 2.45) is 0 Å². The molecule has 0 spiro atoms. The first-order valence-electron chi connectivity index (χ1n) is 6.35. The maximum absolute atomic E-state index is 12.1. The Balaban J connectivity index is 2.82. The average molecular weight is 276 g/mol. The number of nitrogens with zero attached hydrogens (tertiary/aromatic N) is 1. The van der Waals surface area contributed by atoms with Crippen LogP contribution in [0.4, 0.5) is 0 Å². The summed E-state index contributed by atoms with van der Waals surface area (Å²) in [5.41, 5.74) is 2.07. The zero-order valence-corrected chi connectivity index (χ0v) is 12.0. The Kier molecular flexibility index (Phi) is 5.93. The van der Waals surface area contributed by atoms with Crippen LogP contribution < -0.4 is 5.32 Å². The van der Waals surface area contributed by atoms with Crippen molar-refractivity contribution in [1.82, 2.24) is 10.2 Å². The van der Waals surface area contributed by atoms with Gasteiger partial charge in [-0.15, -0.1) is 0 Å². The number of carboxylic acid groups (broad SMARTS) is 1. The Hall–Kier alpha value is -2.14. The molecule has 0 unspecified atom stereocenters. The maximum Gasteiger partial charge on any atom is 0.328 e. The molecule has 0 radical (unpaired) electrons. The molecule has 0 saturated carbocycles. The number of nitrogens with one attached hydrogen (secondary N) is 1. The second-order valence-electron chi connectivity index (χ2n) is 4.75. The zero-order chi connectivity index (χ0) is 15.1. The van der Waals surface area contributed by atoms with Crippen LogP contribution in [0.15, 0.2) is 24.3 Å². The fraction of sp³-hybridized carbons (Fsp3) is 0.333. The highest BCUT2D eigenvalue weighted by atomic mass is 16.4. The van der Waals surface area contributed by atoms with Gasteiger partial charge in [0, 0.05) is 24.7 Å². The standard InChI is InChI=1S/C15H20N2O3/c1-11-12(7-8-14(18)19)5-4-6-13(11)15(20)16-9-10-17(2)3/h4-8H,9-10H2,1-3H3,(H,16,20)(H,18,19). The van der Waals surface area contributed by atoms with Gasteiger partial charge in [-0.2, -0.15) is 0 Å². The molecule has 0 saturated heterocycles. The molecule has 0 bridgehead atoms. The largest absolute Gasteiger partial charge is 0.478 e. The third kappa shape index (κ3) is 4.85. The summed E-state index contributed by atoms with van der Waals surface area (Å²) in [6, 6.07) is 5.26. The van der Waals surface area contributed by atoms with E-state index < -0.39 is 5.97 Å². The summed E-state index contributed by atoms with van der Waals surface area (Å²) in [4.78, 5) is 24.6. The minimum Gasteiger partial charge on any atom is -0.478 e. The topological polar surface area (TPSA) is 69.6 Å². The summed E-state index contributed by atoms with van der Waals surface area (Å²) in [6.07, 6.45) is 2.56. The first kappa shape index (κ1) is 15.9.